The van der Waals surface area contributed by atoms with Crippen LogP contribution in [0.5, 0.6) is 0 Å². The Morgan fingerprint density at radius 3 is 2.50 bits per heavy atom. The van der Waals surface area contributed by atoms with Gasteiger partial charge in [-0.2, -0.15) is 0 Å². The van der Waals surface area contributed by atoms with E-state index in [1.807, 2.05) is 38.9 Å². The molecule has 0 bridgehead atoms. The van der Waals surface area contributed by atoms with Crippen LogP contribution in [-0.2, 0) is 0 Å². The van der Waals surface area contributed by atoms with E-state index in [9.17, 15) is 4.79 Å². The molecule has 0 radical (unpaired) electrons. The van der Waals surface area contributed by atoms with Gasteiger partial charge in [0.15, 0.2) is 5.65 Å². The largest absolute Gasteiger partial charge is 0.362 e. The summed E-state index contributed by atoms with van der Waals surface area (Å²) in [6, 6.07) is 2.25. The first kappa shape index (κ1) is 16.6. The standard InChI is InChI=1S/C18H25N5O/c1-11-10-12(2)19-15-14(11)17(23(3)4)22-16(21-15)18(24)20-13-8-6-5-7-9-13/h10,13H,5-9H2,1-4H3,(H,20,24). The topological polar surface area (TPSA) is 71.0 Å². The lowest BCUT2D eigenvalue weighted by atomic mass is 9.95. The third-order valence-electron chi connectivity index (χ3n) is 4.54. The van der Waals surface area contributed by atoms with Crippen LogP contribution in [0.3, 0.4) is 0 Å². The summed E-state index contributed by atoms with van der Waals surface area (Å²) in [4.78, 5) is 28.0. The molecule has 0 saturated heterocycles. The molecule has 1 aliphatic carbocycles. The molecule has 24 heavy (non-hydrogen) atoms. The number of carbonyl (C=O) groups excluding carboxylic acids is 1. The van der Waals surface area contributed by atoms with Gasteiger partial charge in [-0.25, -0.2) is 15.0 Å². The fourth-order valence-electron chi connectivity index (χ4n) is 3.38. The average Bonchev–Trinajstić information content (AvgIpc) is 2.54. The molecule has 1 aliphatic rings. The number of hydrogen-bond acceptors (Lipinski definition) is 5. The van der Waals surface area contributed by atoms with Gasteiger partial charge in [0.25, 0.3) is 5.91 Å². The average molecular weight is 327 g/mol. The molecule has 0 atom stereocenters. The number of nitrogens with one attached hydrogen (secondary N) is 1. The van der Waals surface area contributed by atoms with E-state index < -0.39 is 0 Å². The highest BCUT2D eigenvalue weighted by atomic mass is 16.2. The van der Waals surface area contributed by atoms with Crippen molar-refractivity contribution in [3.8, 4) is 0 Å². The molecule has 0 aliphatic heterocycles. The molecular weight excluding hydrogens is 302 g/mol. The molecule has 0 unspecified atom stereocenters. The molecule has 1 saturated carbocycles. The summed E-state index contributed by atoms with van der Waals surface area (Å²) in [5, 5.41) is 3.99. The second-order valence-corrected chi connectivity index (χ2v) is 6.85. The third-order valence-corrected chi connectivity index (χ3v) is 4.54. The van der Waals surface area contributed by atoms with E-state index in [4.69, 9.17) is 0 Å². The second-order valence-electron chi connectivity index (χ2n) is 6.85. The molecule has 2 aromatic heterocycles. The van der Waals surface area contributed by atoms with E-state index in [1.165, 1.54) is 19.3 Å². The fourth-order valence-corrected chi connectivity index (χ4v) is 3.38. The molecule has 2 heterocycles. The van der Waals surface area contributed by atoms with E-state index >= 15 is 0 Å². The van der Waals surface area contributed by atoms with Crippen LogP contribution in [0.1, 0.15) is 54.0 Å². The summed E-state index contributed by atoms with van der Waals surface area (Å²) in [5.41, 5.74) is 2.54. The first-order valence-electron chi connectivity index (χ1n) is 8.60. The molecule has 1 amide bonds. The van der Waals surface area contributed by atoms with Crippen LogP contribution in [0.25, 0.3) is 11.0 Å². The number of amides is 1. The number of pyridine rings is 1. The van der Waals surface area contributed by atoms with E-state index in [2.05, 4.69) is 20.3 Å². The van der Waals surface area contributed by atoms with E-state index in [0.717, 1.165) is 35.3 Å². The summed E-state index contributed by atoms with van der Waals surface area (Å²) >= 11 is 0. The van der Waals surface area contributed by atoms with Gasteiger partial charge in [0.1, 0.15) is 5.82 Å². The van der Waals surface area contributed by atoms with Crippen LogP contribution in [0, 0.1) is 13.8 Å². The Bertz CT molecular complexity index is 766. The van der Waals surface area contributed by atoms with Crippen molar-refractivity contribution in [1.29, 1.82) is 0 Å². The lowest BCUT2D eigenvalue weighted by molar-refractivity contribution is 0.0917. The molecule has 3 rings (SSSR count). The highest BCUT2D eigenvalue weighted by molar-refractivity contribution is 5.96. The Morgan fingerprint density at radius 1 is 1.12 bits per heavy atom. The number of carbonyl (C=O) groups is 1. The van der Waals surface area contributed by atoms with Crippen LogP contribution >= 0.6 is 0 Å². The summed E-state index contributed by atoms with van der Waals surface area (Å²) in [6.07, 6.45) is 5.68. The summed E-state index contributed by atoms with van der Waals surface area (Å²) < 4.78 is 0. The van der Waals surface area contributed by atoms with E-state index in [1.54, 1.807) is 0 Å². The molecule has 1 N–H and O–H groups in total. The van der Waals surface area contributed by atoms with E-state index in [-0.39, 0.29) is 17.8 Å². The zero-order valence-electron chi connectivity index (χ0n) is 14.9. The van der Waals surface area contributed by atoms with Gasteiger partial charge < -0.3 is 10.2 Å². The van der Waals surface area contributed by atoms with Crippen LogP contribution in [0.4, 0.5) is 5.82 Å². The summed E-state index contributed by atoms with van der Waals surface area (Å²) in [6.45, 7) is 3.96. The zero-order chi connectivity index (χ0) is 17.3. The summed E-state index contributed by atoms with van der Waals surface area (Å²) in [7, 11) is 3.84. The number of nitrogens with zero attached hydrogens (tertiary/aromatic N) is 4. The third kappa shape index (κ3) is 3.32. The number of rotatable bonds is 3. The smallest absolute Gasteiger partial charge is 0.289 e. The number of anilines is 1. The van der Waals surface area contributed by atoms with Crippen molar-refractivity contribution in [1.82, 2.24) is 20.3 Å². The van der Waals surface area contributed by atoms with Crippen molar-refractivity contribution in [3.05, 3.63) is 23.1 Å². The lowest BCUT2D eigenvalue weighted by Crippen LogP contribution is -2.37. The summed E-state index contributed by atoms with van der Waals surface area (Å²) in [5.74, 6) is 0.737. The molecule has 128 valence electrons. The van der Waals surface area contributed by atoms with Crippen molar-refractivity contribution in [2.45, 2.75) is 52.0 Å². The van der Waals surface area contributed by atoms with Crippen LogP contribution in [0.2, 0.25) is 0 Å². The van der Waals surface area contributed by atoms with Gasteiger partial charge in [-0.1, -0.05) is 19.3 Å². The minimum Gasteiger partial charge on any atom is -0.362 e. The Hall–Kier alpha value is -2.24. The molecule has 6 heteroatoms. The van der Waals surface area contributed by atoms with Crippen molar-refractivity contribution in [3.63, 3.8) is 0 Å². The van der Waals surface area contributed by atoms with Crippen molar-refractivity contribution in [2.24, 2.45) is 0 Å². The Balaban J connectivity index is 2.00. The van der Waals surface area contributed by atoms with Gasteiger partial charge in [-0.15, -0.1) is 0 Å². The Kier molecular flexibility index (Phi) is 4.64. The van der Waals surface area contributed by atoms with Crippen molar-refractivity contribution < 1.29 is 4.79 Å². The number of aromatic nitrogens is 3. The number of aryl methyl sites for hydroxylation is 2. The molecule has 0 spiro atoms. The van der Waals surface area contributed by atoms with E-state index in [0.29, 0.717) is 5.65 Å². The van der Waals surface area contributed by atoms with Gasteiger partial charge in [0.2, 0.25) is 5.82 Å². The van der Waals surface area contributed by atoms with Crippen LogP contribution in [-0.4, -0.2) is 41.0 Å². The minimum atomic E-state index is -0.201. The first-order chi connectivity index (χ1) is 11.5. The second kappa shape index (κ2) is 6.71. The quantitative estimate of drug-likeness (QED) is 0.938. The van der Waals surface area contributed by atoms with Crippen molar-refractivity contribution >= 4 is 22.8 Å². The number of fused-ring (bicyclic) bond motifs is 1. The maximum absolute atomic E-state index is 12.6. The van der Waals surface area contributed by atoms with Gasteiger partial charge in [0, 0.05) is 25.8 Å². The lowest BCUT2D eigenvalue weighted by Gasteiger charge is -2.23. The SMILES string of the molecule is Cc1cc(C)c2c(N(C)C)nc(C(=O)NC3CCCCC3)nc2n1. The van der Waals surface area contributed by atoms with Crippen LogP contribution < -0.4 is 10.2 Å². The van der Waals surface area contributed by atoms with Crippen molar-refractivity contribution in [2.75, 3.05) is 19.0 Å². The normalized spacial score (nSPS) is 15.5. The molecule has 6 nitrogen and oxygen atoms in total. The maximum atomic E-state index is 12.6. The maximum Gasteiger partial charge on any atom is 0.289 e. The Morgan fingerprint density at radius 2 is 1.83 bits per heavy atom. The zero-order valence-corrected chi connectivity index (χ0v) is 14.9. The van der Waals surface area contributed by atoms with Gasteiger partial charge in [0.05, 0.1) is 5.39 Å². The monoisotopic (exact) mass is 327 g/mol. The molecule has 1 fully saturated rings. The highest BCUT2D eigenvalue weighted by Gasteiger charge is 2.21. The minimum absolute atomic E-state index is 0.201. The molecular formula is C18H25N5O. The predicted molar refractivity (Wildman–Crippen MR) is 95.5 cm³/mol. The van der Waals surface area contributed by atoms with Crippen LogP contribution in [0.15, 0.2) is 6.07 Å². The highest BCUT2D eigenvalue weighted by Crippen LogP contribution is 2.25. The van der Waals surface area contributed by atoms with Gasteiger partial charge in [-0.05, 0) is 38.3 Å². The van der Waals surface area contributed by atoms with Gasteiger partial charge >= 0.3 is 0 Å². The van der Waals surface area contributed by atoms with Gasteiger partial charge in [-0.3, -0.25) is 4.79 Å². The predicted octanol–water partition coefficient (Wildman–Crippen LogP) is 2.77. The molecule has 0 aromatic carbocycles. The Labute approximate surface area is 142 Å². The number of hydrogen-bond donors (Lipinski definition) is 1. The molecule has 2 aromatic rings. The fraction of sp³-hybridized carbons (Fsp3) is 0.556. The first-order valence-corrected chi connectivity index (χ1v) is 8.60.